The van der Waals surface area contributed by atoms with Crippen LogP contribution in [0.4, 0.5) is 4.39 Å². The summed E-state index contributed by atoms with van der Waals surface area (Å²) in [5.74, 6) is -0.667. The summed E-state index contributed by atoms with van der Waals surface area (Å²) in [5.41, 5.74) is 0.295. The number of hydrogen-bond acceptors (Lipinski definition) is 2. The first-order valence-electron chi connectivity index (χ1n) is 4.35. The summed E-state index contributed by atoms with van der Waals surface area (Å²) in [4.78, 5) is 14.0. The summed E-state index contributed by atoms with van der Waals surface area (Å²) in [7, 11) is 0. The van der Waals surface area contributed by atoms with Gasteiger partial charge < -0.3 is 4.98 Å². The molecule has 1 aromatic carbocycles. The maximum absolute atomic E-state index is 13.2. The molecule has 1 aromatic heterocycles. The predicted octanol–water partition coefficient (Wildman–Crippen LogP) is 1.85. The van der Waals surface area contributed by atoms with Crippen LogP contribution in [-0.4, -0.2) is 4.98 Å². The molecule has 0 amide bonds. The first-order valence-corrected chi connectivity index (χ1v) is 4.35. The minimum absolute atomic E-state index is 0.0486. The van der Waals surface area contributed by atoms with Gasteiger partial charge in [0.2, 0.25) is 0 Å². The molecular weight excluding hydrogens is 195 g/mol. The number of nitrogens with zero attached hydrogens (tertiary/aromatic N) is 1. The van der Waals surface area contributed by atoms with Crippen molar-refractivity contribution in [3.63, 3.8) is 0 Å². The Bertz CT molecular complexity index is 637. The van der Waals surface area contributed by atoms with E-state index >= 15 is 0 Å². The van der Waals surface area contributed by atoms with Gasteiger partial charge >= 0.3 is 0 Å². The molecule has 0 aliphatic rings. The van der Waals surface area contributed by atoms with Crippen LogP contribution in [0.25, 0.3) is 10.8 Å². The van der Waals surface area contributed by atoms with E-state index in [-0.39, 0.29) is 16.5 Å². The van der Waals surface area contributed by atoms with E-state index in [1.807, 2.05) is 0 Å². The van der Waals surface area contributed by atoms with Crippen molar-refractivity contribution in [3.8, 4) is 6.07 Å². The number of aromatic amines is 1. The summed E-state index contributed by atoms with van der Waals surface area (Å²) < 4.78 is 13.2. The predicted molar refractivity (Wildman–Crippen MR) is 54.0 cm³/mol. The van der Waals surface area contributed by atoms with Crippen LogP contribution in [-0.2, 0) is 0 Å². The highest BCUT2D eigenvalue weighted by molar-refractivity contribution is 5.83. The van der Waals surface area contributed by atoms with E-state index in [2.05, 4.69) is 4.98 Å². The Balaban J connectivity index is 2.95. The number of nitriles is 1. The van der Waals surface area contributed by atoms with Crippen molar-refractivity contribution in [3.05, 3.63) is 45.6 Å². The summed E-state index contributed by atoms with van der Waals surface area (Å²) in [6.07, 6.45) is 0. The van der Waals surface area contributed by atoms with E-state index in [1.165, 1.54) is 6.07 Å². The van der Waals surface area contributed by atoms with Crippen molar-refractivity contribution < 1.29 is 4.39 Å². The summed E-state index contributed by atoms with van der Waals surface area (Å²) in [6, 6.07) is 5.92. The molecule has 4 heteroatoms. The van der Waals surface area contributed by atoms with Gasteiger partial charge in [0.15, 0.2) is 0 Å². The standard InChI is InChI=1S/C11H7FN2O/c1-6-2-7-3-8(5-13)10(12)4-9(7)11(15)14-6/h2-4H,1H3,(H,14,15). The fraction of sp³-hybridized carbons (Fsp3) is 0.0909. The lowest BCUT2D eigenvalue weighted by molar-refractivity contribution is 0.625. The number of rotatable bonds is 0. The van der Waals surface area contributed by atoms with E-state index < -0.39 is 5.82 Å². The van der Waals surface area contributed by atoms with Gasteiger partial charge in [-0.3, -0.25) is 4.79 Å². The first kappa shape index (κ1) is 9.41. The Kier molecular flexibility index (Phi) is 2.01. The van der Waals surface area contributed by atoms with Crippen LogP contribution in [0.3, 0.4) is 0 Å². The van der Waals surface area contributed by atoms with Gasteiger partial charge in [-0.25, -0.2) is 4.39 Å². The molecule has 1 heterocycles. The second kappa shape index (κ2) is 3.21. The number of nitrogens with one attached hydrogen (secondary N) is 1. The van der Waals surface area contributed by atoms with Crippen molar-refractivity contribution in [2.75, 3.05) is 0 Å². The number of benzene rings is 1. The van der Waals surface area contributed by atoms with Crippen LogP contribution in [0.2, 0.25) is 0 Å². The summed E-state index contributed by atoms with van der Waals surface area (Å²) in [6.45, 7) is 1.73. The van der Waals surface area contributed by atoms with Gasteiger partial charge in [0.05, 0.1) is 5.56 Å². The van der Waals surface area contributed by atoms with Crippen molar-refractivity contribution in [1.82, 2.24) is 4.98 Å². The topological polar surface area (TPSA) is 56.6 Å². The van der Waals surface area contributed by atoms with Crippen molar-refractivity contribution in [2.24, 2.45) is 0 Å². The van der Waals surface area contributed by atoms with E-state index in [0.717, 1.165) is 6.07 Å². The zero-order valence-electron chi connectivity index (χ0n) is 7.97. The van der Waals surface area contributed by atoms with Crippen LogP contribution >= 0.6 is 0 Å². The maximum atomic E-state index is 13.2. The molecule has 15 heavy (non-hydrogen) atoms. The van der Waals surface area contributed by atoms with E-state index in [4.69, 9.17) is 5.26 Å². The number of halogens is 1. The second-order valence-electron chi connectivity index (χ2n) is 3.31. The summed E-state index contributed by atoms with van der Waals surface area (Å²) >= 11 is 0. The first-order chi connectivity index (χ1) is 7.11. The number of aromatic nitrogens is 1. The lowest BCUT2D eigenvalue weighted by atomic mass is 10.1. The van der Waals surface area contributed by atoms with Gasteiger partial charge in [-0.1, -0.05) is 0 Å². The highest BCUT2D eigenvalue weighted by Crippen LogP contribution is 2.16. The molecule has 0 fully saturated rings. The molecule has 2 rings (SSSR count). The number of H-pyrrole nitrogens is 1. The van der Waals surface area contributed by atoms with Crippen molar-refractivity contribution in [2.45, 2.75) is 6.92 Å². The number of fused-ring (bicyclic) bond motifs is 1. The van der Waals surface area contributed by atoms with Gasteiger partial charge in [0.1, 0.15) is 11.9 Å². The van der Waals surface area contributed by atoms with Crippen LogP contribution < -0.4 is 5.56 Å². The molecule has 0 spiro atoms. The molecule has 0 saturated carbocycles. The third kappa shape index (κ3) is 1.48. The van der Waals surface area contributed by atoms with E-state index in [1.54, 1.807) is 19.1 Å². The Hall–Kier alpha value is -2.15. The normalized spacial score (nSPS) is 10.2. The van der Waals surface area contributed by atoms with Crippen LogP contribution in [0.5, 0.6) is 0 Å². The van der Waals surface area contributed by atoms with Gasteiger partial charge in [0.25, 0.3) is 5.56 Å². The molecule has 0 radical (unpaired) electrons. The third-order valence-corrected chi connectivity index (χ3v) is 2.19. The fourth-order valence-electron chi connectivity index (χ4n) is 1.51. The zero-order valence-corrected chi connectivity index (χ0v) is 7.97. The fourth-order valence-corrected chi connectivity index (χ4v) is 1.51. The Morgan fingerprint density at radius 2 is 2.13 bits per heavy atom. The number of aryl methyl sites for hydroxylation is 1. The number of hydrogen-bond donors (Lipinski definition) is 1. The molecule has 74 valence electrons. The van der Waals surface area contributed by atoms with Gasteiger partial charge in [-0.05, 0) is 30.5 Å². The Morgan fingerprint density at radius 1 is 1.40 bits per heavy atom. The average Bonchev–Trinajstić information content (AvgIpc) is 2.18. The quantitative estimate of drug-likeness (QED) is 0.708. The molecule has 2 aromatic rings. The zero-order chi connectivity index (χ0) is 11.0. The monoisotopic (exact) mass is 202 g/mol. The molecular formula is C11H7FN2O. The molecule has 1 N–H and O–H groups in total. The molecule has 0 bridgehead atoms. The van der Waals surface area contributed by atoms with Crippen LogP contribution in [0.15, 0.2) is 23.0 Å². The van der Waals surface area contributed by atoms with Crippen molar-refractivity contribution >= 4 is 10.8 Å². The lowest BCUT2D eigenvalue weighted by Crippen LogP contribution is -2.07. The lowest BCUT2D eigenvalue weighted by Gasteiger charge is -2.00. The largest absolute Gasteiger partial charge is 0.326 e. The van der Waals surface area contributed by atoms with E-state index in [0.29, 0.717) is 11.1 Å². The SMILES string of the molecule is Cc1cc2cc(C#N)c(F)cc2c(=O)[nH]1. The highest BCUT2D eigenvalue weighted by atomic mass is 19.1. The molecule has 0 aliphatic carbocycles. The number of pyridine rings is 1. The second-order valence-corrected chi connectivity index (χ2v) is 3.31. The smallest absolute Gasteiger partial charge is 0.256 e. The van der Waals surface area contributed by atoms with Crippen LogP contribution in [0.1, 0.15) is 11.3 Å². The van der Waals surface area contributed by atoms with Gasteiger partial charge in [-0.15, -0.1) is 0 Å². The highest BCUT2D eigenvalue weighted by Gasteiger charge is 2.06. The molecule has 0 aliphatic heterocycles. The Morgan fingerprint density at radius 3 is 2.80 bits per heavy atom. The minimum Gasteiger partial charge on any atom is -0.326 e. The molecule has 0 atom stereocenters. The van der Waals surface area contributed by atoms with Gasteiger partial charge in [0, 0.05) is 11.1 Å². The third-order valence-electron chi connectivity index (χ3n) is 2.19. The van der Waals surface area contributed by atoms with E-state index in [9.17, 15) is 9.18 Å². The maximum Gasteiger partial charge on any atom is 0.256 e. The molecule has 0 unspecified atom stereocenters. The summed E-state index contributed by atoms with van der Waals surface area (Å²) in [5, 5.41) is 9.48. The van der Waals surface area contributed by atoms with Gasteiger partial charge in [-0.2, -0.15) is 5.26 Å². The Labute approximate surface area is 84.8 Å². The molecule has 0 saturated heterocycles. The minimum atomic E-state index is -0.667. The van der Waals surface area contributed by atoms with Crippen molar-refractivity contribution in [1.29, 1.82) is 5.26 Å². The molecule has 3 nitrogen and oxygen atoms in total. The van der Waals surface area contributed by atoms with Crippen LogP contribution in [0, 0.1) is 24.1 Å². The average molecular weight is 202 g/mol.